The topological polar surface area (TPSA) is 122 Å². The Morgan fingerprint density at radius 2 is 1.59 bits per heavy atom. The first-order valence-electron chi connectivity index (χ1n) is 12.6. The molecule has 1 heterocycles. The molecule has 2 aromatic rings. The molecular formula is C27H31FN4O5. The number of nitro benzene ring substituents is 1. The fourth-order valence-corrected chi connectivity index (χ4v) is 5.13. The molecule has 10 heteroatoms. The van der Waals surface area contributed by atoms with Crippen LogP contribution in [0.1, 0.15) is 64.8 Å². The molecule has 1 aliphatic carbocycles. The average molecular weight is 511 g/mol. The molecule has 0 bridgehead atoms. The van der Waals surface area contributed by atoms with Crippen LogP contribution in [0.2, 0.25) is 0 Å². The van der Waals surface area contributed by atoms with Crippen LogP contribution in [0.3, 0.4) is 0 Å². The van der Waals surface area contributed by atoms with Gasteiger partial charge in [-0.3, -0.25) is 24.5 Å². The number of carbonyl (C=O) groups excluding carboxylic acids is 3. The van der Waals surface area contributed by atoms with Gasteiger partial charge in [0.25, 0.3) is 17.5 Å². The van der Waals surface area contributed by atoms with Crippen LogP contribution in [0.4, 0.5) is 10.1 Å². The molecule has 37 heavy (non-hydrogen) atoms. The van der Waals surface area contributed by atoms with Gasteiger partial charge in [0.2, 0.25) is 5.91 Å². The van der Waals surface area contributed by atoms with Gasteiger partial charge in [0.15, 0.2) is 0 Å². The Balaban J connectivity index is 1.38. The summed E-state index contributed by atoms with van der Waals surface area (Å²) in [6, 6.07) is 9.27. The first kappa shape index (κ1) is 26.2. The molecule has 3 atom stereocenters. The molecular weight excluding hydrogens is 479 g/mol. The van der Waals surface area contributed by atoms with Gasteiger partial charge < -0.3 is 15.5 Å². The van der Waals surface area contributed by atoms with Crippen molar-refractivity contribution in [1.82, 2.24) is 15.5 Å². The molecule has 2 aliphatic rings. The summed E-state index contributed by atoms with van der Waals surface area (Å²) < 4.78 is 13.2. The van der Waals surface area contributed by atoms with Gasteiger partial charge in [0, 0.05) is 47.9 Å². The zero-order chi connectivity index (χ0) is 26.5. The number of carbonyl (C=O) groups is 3. The molecule has 2 N–H and O–H groups in total. The van der Waals surface area contributed by atoms with E-state index in [-0.39, 0.29) is 47.6 Å². The van der Waals surface area contributed by atoms with Gasteiger partial charge in [-0.25, -0.2) is 4.39 Å². The van der Waals surface area contributed by atoms with E-state index >= 15 is 0 Å². The summed E-state index contributed by atoms with van der Waals surface area (Å²) in [6.45, 7) is 2.32. The van der Waals surface area contributed by atoms with Gasteiger partial charge in [0.05, 0.1) is 10.8 Å². The Morgan fingerprint density at radius 3 is 2.27 bits per heavy atom. The number of halogens is 1. The third-order valence-corrected chi connectivity index (χ3v) is 7.25. The minimum absolute atomic E-state index is 0.108. The van der Waals surface area contributed by atoms with Crippen LogP contribution < -0.4 is 10.6 Å². The standard InChI is InChI=1S/C27H31FN4O5/c1-17-8-9-19(15-24(17)32(36)37)27(35)31-14-4-5-20(16-31)26(34)30-23-7-3-2-6-22(23)29-25(33)18-10-12-21(28)13-11-18/h8-13,15,20,22-23H,2-7,14,16H2,1H3,(H,29,33)(H,30,34)/t20?,22-,23?/m1/s1. The van der Waals surface area contributed by atoms with E-state index in [2.05, 4.69) is 10.6 Å². The predicted octanol–water partition coefficient (Wildman–Crippen LogP) is 3.75. The van der Waals surface area contributed by atoms with Crippen LogP contribution in [-0.4, -0.2) is 52.7 Å². The van der Waals surface area contributed by atoms with Crippen molar-refractivity contribution < 1.29 is 23.7 Å². The minimum Gasteiger partial charge on any atom is -0.351 e. The second kappa shape index (κ2) is 11.5. The quantitative estimate of drug-likeness (QED) is 0.453. The molecule has 0 spiro atoms. The summed E-state index contributed by atoms with van der Waals surface area (Å²) >= 11 is 0. The maximum Gasteiger partial charge on any atom is 0.273 e. The third-order valence-electron chi connectivity index (χ3n) is 7.25. The lowest BCUT2D eigenvalue weighted by molar-refractivity contribution is -0.385. The van der Waals surface area contributed by atoms with Crippen LogP contribution >= 0.6 is 0 Å². The third kappa shape index (κ3) is 6.31. The van der Waals surface area contributed by atoms with Crippen LogP contribution in [0.5, 0.6) is 0 Å². The summed E-state index contributed by atoms with van der Waals surface area (Å²) in [5.41, 5.74) is 0.957. The van der Waals surface area contributed by atoms with E-state index < -0.39 is 16.7 Å². The van der Waals surface area contributed by atoms with Gasteiger partial charge in [-0.2, -0.15) is 0 Å². The van der Waals surface area contributed by atoms with Crippen LogP contribution in [0.15, 0.2) is 42.5 Å². The average Bonchev–Trinajstić information content (AvgIpc) is 2.90. The number of piperidine rings is 1. The zero-order valence-corrected chi connectivity index (χ0v) is 20.7. The van der Waals surface area contributed by atoms with E-state index in [1.54, 1.807) is 24.0 Å². The SMILES string of the molecule is Cc1ccc(C(=O)N2CCCC(C(=O)NC3CCCC[C@H]3NC(=O)c3ccc(F)cc3)C2)cc1[N+](=O)[O-]. The second-order valence-corrected chi connectivity index (χ2v) is 9.84. The zero-order valence-electron chi connectivity index (χ0n) is 20.7. The predicted molar refractivity (Wildman–Crippen MR) is 135 cm³/mol. The molecule has 2 fully saturated rings. The molecule has 1 saturated heterocycles. The number of hydrogen-bond acceptors (Lipinski definition) is 5. The van der Waals surface area contributed by atoms with Crippen molar-refractivity contribution in [2.75, 3.05) is 13.1 Å². The lowest BCUT2D eigenvalue weighted by Gasteiger charge is -2.36. The molecule has 196 valence electrons. The minimum atomic E-state index is -0.506. The number of amides is 3. The summed E-state index contributed by atoms with van der Waals surface area (Å²) in [6.07, 6.45) is 4.57. The fraction of sp³-hybridized carbons (Fsp3) is 0.444. The van der Waals surface area contributed by atoms with Crippen molar-refractivity contribution >= 4 is 23.4 Å². The van der Waals surface area contributed by atoms with E-state index in [1.165, 1.54) is 30.3 Å². The fourth-order valence-electron chi connectivity index (χ4n) is 5.13. The molecule has 1 saturated carbocycles. The molecule has 2 unspecified atom stereocenters. The number of nitrogens with zero attached hydrogens (tertiary/aromatic N) is 2. The second-order valence-electron chi connectivity index (χ2n) is 9.84. The lowest BCUT2D eigenvalue weighted by atomic mass is 9.88. The molecule has 3 amide bonds. The summed E-state index contributed by atoms with van der Waals surface area (Å²) in [5.74, 6) is -1.63. The number of benzene rings is 2. The Hall–Kier alpha value is -3.82. The maximum absolute atomic E-state index is 13.2. The van der Waals surface area contributed by atoms with Crippen molar-refractivity contribution in [3.63, 3.8) is 0 Å². The van der Waals surface area contributed by atoms with Gasteiger partial charge in [-0.15, -0.1) is 0 Å². The largest absolute Gasteiger partial charge is 0.351 e. The van der Waals surface area contributed by atoms with Gasteiger partial charge >= 0.3 is 0 Å². The van der Waals surface area contributed by atoms with Gasteiger partial charge in [0.1, 0.15) is 5.82 Å². The van der Waals surface area contributed by atoms with Crippen LogP contribution in [-0.2, 0) is 4.79 Å². The first-order chi connectivity index (χ1) is 17.7. The van der Waals surface area contributed by atoms with Crippen molar-refractivity contribution in [2.45, 2.75) is 57.5 Å². The number of aryl methyl sites for hydroxylation is 1. The molecule has 0 aromatic heterocycles. The van der Waals surface area contributed by atoms with E-state index in [0.29, 0.717) is 30.5 Å². The number of rotatable bonds is 6. The van der Waals surface area contributed by atoms with Gasteiger partial charge in [-0.05, 0) is 62.9 Å². The van der Waals surface area contributed by atoms with Crippen molar-refractivity contribution in [1.29, 1.82) is 0 Å². The van der Waals surface area contributed by atoms with Crippen molar-refractivity contribution in [2.24, 2.45) is 5.92 Å². The van der Waals surface area contributed by atoms with Crippen LogP contribution in [0, 0.1) is 28.8 Å². The van der Waals surface area contributed by atoms with Gasteiger partial charge in [-0.1, -0.05) is 18.9 Å². The van der Waals surface area contributed by atoms with Crippen molar-refractivity contribution in [3.8, 4) is 0 Å². The van der Waals surface area contributed by atoms with E-state index in [9.17, 15) is 28.9 Å². The molecule has 2 aromatic carbocycles. The summed E-state index contributed by atoms with van der Waals surface area (Å²) in [7, 11) is 0. The number of hydrogen-bond donors (Lipinski definition) is 2. The first-order valence-corrected chi connectivity index (χ1v) is 12.6. The highest BCUT2D eigenvalue weighted by atomic mass is 19.1. The van der Waals surface area contributed by atoms with Crippen LogP contribution in [0.25, 0.3) is 0 Å². The highest BCUT2D eigenvalue weighted by Crippen LogP contribution is 2.25. The number of nitrogens with one attached hydrogen (secondary N) is 2. The Kier molecular flexibility index (Phi) is 8.15. The highest BCUT2D eigenvalue weighted by molar-refractivity contribution is 5.96. The molecule has 0 radical (unpaired) electrons. The smallest absolute Gasteiger partial charge is 0.273 e. The monoisotopic (exact) mass is 510 g/mol. The molecule has 4 rings (SSSR count). The van der Waals surface area contributed by atoms with Crippen molar-refractivity contribution in [3.05, 3.63) is 75.1 Å². The Morgan fingerprint density at radius 1 is 0.946 bits per heavy atom. The Labute approximate surface area is 214 Å². The molecule has 1 aliphatic heterocycles. The maximum atomic E-state index is 13.2. The van der Waals surface area contributed by atoms with E-state index in [0.717, 1.165) is 25.7 Å². The lowest BCUT2D eigenvalue weighted by Crippen LogP contribution is -2.55. The van der Waals surface area contributed by atoms with E-state index in [4.69, 9.17) is 0 Å². The van der Waals surface area contributed by atoms with E-state index in [1.807, 2.05) is 0 Å². The summed E-state index contributed by atoms with van der Waals surface area (Å²) in [5, 5.41) is 17.4. The summed E-state index contributed by atoms with van der Waals surface area (Å²) in [4.78, 5) is 51.3. The molecule has 9 nitrogen and oxygen atoms in total. The number of nitro groups is 1. The normalized spacial score (nSPS) is 21.7. The highest BCUT2D eigenvalue weighted by Gasteiger charge is 2.33. The number of likely N-dealkylation sites (tertiary alicyclic amines) is 1. The Bertz CT molecular complexity index is 1190.